The van der Waals surface area contributed by atoms with Gasteiger partial charge < -0.3 is 15.4 Å². The minimum atomic E-state index is -0.0903. The Balaban J connectivity index is 2.32. The number of aromatic nitrogens is 2. The van der Waals surface area contributed by atoms with Crippen LogP contribution in [-0.4, -0.2) is 35.6 Å². The number of hydrogen-bond donors (Lipinski definition) is 1. The van der Waals surface area contributed by atoms with Gasteiger partial charge in [-0.05, 0) is 25.7 Å². The van der Waals surface area contributed by atoms with Crippen LogP contribution in [0.3, 0.4) is 0 Å². The van der Waals surface area contributed by atoms with Gasteiger partial charge in [-0.15, -0.1) is 0 Å². The maximum Gasteiger partial charge on any atom is 0.150 e. The molecule has 5 heteroatoms. The molecule has 0 saturated carbocycles. The van der Waals surface area contributed by atoms with Crippen LogP contribution in [-0.2, 0) is 11.8 Å². The van der Waals surface area contributed by atoms with Gasteiger partial charge in [-0.3, -0.25) is 4.68 Å². The molecule has 2 heterocycles. The predicted molar refractivity (Wildman–Crippen MR) is 78.6 cm³/mol. The third kappa shape index (κ3) is 2.56. The van der Waals surface area contributed by atoms with Crippen LogP contribution in [0.2, 0.25) is 0 Å². The van der Waals surface area contributed by atoms with E-state index in [0.29, 0.717) is 5.92 Å². The standard InChI is InChI=1S/C14H26N4O/c1-10(2)12-11(15)13(17(4)16-12)18-8-6-7-14(3,9-18)19-5/h10H,6-9,15H2,1-5H3. The number of ether oxygens (including phenoxy) is 1. The van der Waals surface area contributed by atoms with Crippen LogP contribution in [0.15, 0.2) is 0 Å². The first-order chi connectivity index (χ1) is 8.88. The first-order valence-corrected chi connectivity index (χ1v) is 7.00. The molecule has 19 heavy (non-hydrogen) atoms. The molecule has 108 valence electrons. The average molecular weight is 266 g/mol. The fraction of sp³-hybridized carbons (Fsp3) is 0.786. The van der Waals surface area contributed by atoms with Gasteiger partial charge in [0, 0.05) is 27.2 Å². The molecule has 1 fully saturated rings. The van der Waals surface area contributed by atoms with E-state index < -0.39 is 0 Å². The summed E-state index contributed by atoms with van der Waals surface area (Å²) in [6.45, 7) is 8.29. The quantitative estimate of drug-likeness (QED) is 0.910. The average Bonchev–Trinajstić information content (AvgIpc) is 2.65. The van der Waals surface area contributed by atoms with Gasteiger partial charge in [0.2, 0.25) is 0 Å². The molecule has 0 aromatic carbocycles. The summed E-state index contributed by atoms with van der Waals surface area (Å²) in [6.07, 6.45) is 2.21. The highest BCUT2D eigenvalue weighted by molar-refractivity contribution is 5.67. The van der Waals surface area contributed by atoms with Gasteiger partial charge in [0.1, 0.15) is 0 Å². The van der Waals surface area contributed by atoms with E-state index >= 15 is 0 Å². The first kappa shape index (κ1) is 14.2. The molecule has 1 atom stereocenters. The molecule has 0 bridgehead atoms. The number of nitrogens with zero attached hydrogens (tertiary/aromatic N) is 3. The summed E-state index contributed by atoms with van der Waals surface area (Å²) in [6, 6.07) is 0. The number of rotatable bonds is 3. The number of methoxy groups -OCH3 is 1. The Kier molecular flexibility index (Phi) is 3.76. The molecule has 1 saturated heterocycles. The van der Waals surface area contributed by atoms with Crippen molar-refractivity contribution in [2.75, 3.05) is 30.8 Å². The Morgan fingerprint density at radius 1 is 1.42 bits per heavy atom. The topological polar surface area (TPSA) is 56.3 Å². The van der Waals surface area contributed by atoms with Crippen LogP contribution < -0.4 is 10.6 Å². The largest absolute Gasteiger partial charge is 0.394 e. The highest BCUT2D eigenvalue weighted by Gasteiger charge is 2.33. The van der Waals surface area contributed by atoms with Crippen LogP contribution >= 0.6 is 0 Å². The van der Waals surface area contributed by atoms with Gasteiger partial charge in [0.05, 0.1) is 17.0 Å². The molecule has 1 aliphatic heterocycles. The molecule has 1 unspecified atom stereocenters. The smallest absolute Gasteiger partial charge is 0.150 e. The second-order valence-corrected chi connectivity index (χ2v) is 6.08. The zero-order valence-corrected chi connectivity index (χ0v) is 12.7. The van der Waals surface area contributed by atoms with Crippen molar-refractivity contribution in [2.45, 2.75) is 45.1 Å². The monoisotopic (exact) mass is 266 g/mol. The molecule has 0 radical (unpaired) electrons. The van der Waals surface area contributed by atoms with Gasteiger partial charge in [-0.2, -0.15) is 5.10 Å². The molecule has 0 aliphatic carbocycles. The van der Waals surface area contributed by atoms with Crippen molar-refractivity contribution in [2.24, 2.45) is 7.05 Å². The normalized spacial score (nSPS) is 24.2. The van der Waals surface area contributed by atoms with Crippen LogP contribution in [0.1, 0.15) is 45.2 Å². The maximum absolute atomic E-state index is 6.30. The van der Waals surface area contributed by atoms with Crippen LogP contribution in [0.5, 0.6) is 0 Å². The minimum Gasteiger partial charge on any atom is -0.394 e. The zero-order chi connectivity index (χ0) is 14.2. The Morgan fingerprint density at radius 3 is 2.63 bits per heavy atom. The van der Waals surface area contributed by atoms with E-state index in [2.05, 4.69) is 30.8 Å². The highest BCUT2D eigenvalue weighted by Crippen LogP contribution is 2.34. The lowest BCUT2D eigenvalue weighted by Gasteiger charge is -2.40. The summed E-state index contributed by atoms with van der Waals surface area (Å²) >= 11 is 0. The van der Waals surface area contributed by atoms with Gasteiger partial charge >= 0.3 is 0 Å². The van der Waals surface area contributed by atoms with Crippen molar-refractivity contribution in [3.8, 4) is 0 Å². The molecule has 5 nitrogen and oxygen atoms in total. The highest BCUT2D eigenvalue weighted by atomic mass is 16.5. The summed E-state index contributed by atoms with van der Waals surface area (Å²) in [5.74, 6) is 1.38. The number of aryl methyl sites for hydroxylation is 1. The Morgan fingerprint density at radius 2 is 2.11 bits per heavy atom. The molecule has 1 aromatic heterocycles. The Hall–Kier alpha value is -1.23. The Bertz CT molecular complexity index is 455. The van der Waals surface area contributed by atoms with E-state index in [0.717, 1.165) is 43.1 Å². The van der Waals surface area contributed by atoms with E-state index in [1.165, 1.54) is 0 Å². The third-order valence-corrected chi connectivity index (χ3v) is 4.08. The van der Waals surface area contributed by atoms with E-state index in [4.69, 9.17) is 10.5 Å². The second kappa shape index (κ2) is 5.04. The fourth-order valence-corrected chi connectivity index (χ4v) is 2.91. The van der Waals surface area contributed by atoms with Crippen molar-refractivity contribution in [3.63, 3.8) is 0 Å². The van der Waals surface area contributed by atoms with Crippen molar-refractivity contribution in [1.29, 1.82) is 0 Å². The van der Waals surface area contributed by atoms with Crippen LogP contribution in [0.4, 0.5) is 11.5 Å². The molecule has 2 N–H and O–H groups in total. The van der Waals surface area contributed by atoms with E-state index in [-0.39, 0.29) is 5.60 Å². The van der Waals surface area contributed by atoms with E-state index in [1.54, 1.807) is 7.11 Å². The van der Waals surface area contributed by atoms with E-state index in [1.807, 2.05) is 11.7 Å². The summed E-state index contributed by atoms with van der Waals surface area (Å²) in [7, 11) is 3.76. The first-order valence-electron chi connectivity index (χ1n) is 7.00. The molecular weight excluding hydrogens is 240 g/mol. The van der Waals surface area contributed by atoms with Crippen molar-refractivity contribution in [1.82, 2.24) is 9.78 Å². The van der Waals surface area contributed by atoms with Crippen molar-refractivity contribution < 1.29 is 4.74 Å². The van der Waals surface area contributed by atoms with Crippen molar-refractivity contribution in [3.05, 3.63) is 5.69 Å². The summed E-state index contributed by atoms with van der Waals surface area (Å²) in [5, 5.41) is 4.57. The lowest BCUT2D eigenvalue weighted by atomic mass is 9.94. The lowest BCUT2D eigenvalue weighted by molar-refractivity contribution is -0.00490. The number of nitrogen functional groups attached to an aromatic ring is 1. The Labute approximate surface area is 115 Å². The maximum atomic E-state index is 6.30. The number of piperidine rings is 1. The SMILES string of the molecule is COC1(C)CCCN(c2c(N)c(C(C)C)nn2C)C1. The van der Waals surface area contributed by atoms with Crippen molar-refractivity contribution >= 4 is 11.5 Å². The van der Waals surface area contributed by atoms with E-state index in [9.17, 15) is 0 Å². The second-order valence-electron chi connectivity index (χ2n) is 6.08. The summed E-state index contributed by atoms with van der Waals surface area (Å²) in [5.41, 5.74) is 8.02. The third-order valence-electron chi connectivity index (χ3n) is 4.08. The molecular formula is C14H26N4O. The van der Waals surface area contributed by atoms with Crippen LogP contribution in [0, 0.1) is 0 Å². The predicted octanol–water partition coefficient (Wildman–Crippen LogP) is 2.13. The molecule has 0 amide bonds. The lowest BCUT2D eigenvalue weighted by Crippen LogP contribution is -2.48. The molecule has 2 rings (SSSR count). The molecule has 1 aliphatic rings. The fourth-order valence-electron chi connectivity index (χ4n) is 2.91. The molecule has 1 aromatic rings. The van der Waals surface area contributed by atoms with Gasteiger partial charge in [0.15, 0.2) is 5.82 Å². The zero-order valence-electron chi connectivity index (χ0n) is 12.7. The van der Waals surface area contributed by atoms with Gasteiger partial charge in [0.25, 0.3) is 0 Å². The number of hydrogen-bond acceptors (Lipinski definition) is 4. The van der Waals surface area contributed by atoms with Gasteiger partial charge in [-0.1, -0.05) is 13.8 Å². The summed E-state index contributed by atoms with van der Waals surface area (Å²) < 4.78 is 7.56. The van der Waals surface area contributed by atoms with Gasteiger partial charge in [-0.25, -0.2) is 0 Å². The molecule has 0 spiro atoms. The number of anilines is 2. The summed E-state index contributed by atoms with van der Waals surface area (Å²) in [4.78, 5) is 2.31. The minimum absolute atomic E-state index is 0.0903. The van der Waals surface area contributed by atoms with Crippen LogP contribution in [0.25, 0.3) is 0 Å². The number of nitrogens with two attached hydrogens (primary N) is 1.